The van der Waals surface area contributed by atoms with Gasteiger partial charge in [-0.25, -0.2) is 0 Å². The summed E-state index contributed by atoms with van der Waals surface area (Å²) in [5.41, 5.74) is 0.214. The van der Waals surface area contributed by atoms with Crippen LogP contribution in [0.3, 0.4) is 0 Å². The minimum absolute atomic E-state index is 0.214. The normalized spacial score (nSPS) is 14.1. The van der Waals surface area contributed by atoms with Gasteiger partial charge in [0, 0.05) is 13.2 Å². The van der Waals surface area contributed by atoms with Crippen LogP contribution in [0.5, 0.6) is 0 Å². The monoisotopic (exact) mass is 233 g/mol. The smallest absolute Gasteiger partial charge is 0.0701 e. The average molecular weight is 233 g/mol. The molecule has 0 saturated heterocycles. The maximum atomic E-state index is 5.57. The topological polar surface area (TPSA) is 39.7 Å². The molecule has 1 unspecified atom stereocenters. The zero-order chi connectivity index (χ0) is 12.4. The molecule has 0 radical (unpaired) electrons. The first kappa shape index (κ1) is 15.8. The van der Waals surface area contributed by atoms with Gasteiger partial charge in [-0.1, -0.05) is 20.8 Å². The van der Waals surface area contributed by atoms with Crippen molar-refractivity contribution >= 4 is 0 Å². The highest BCUT2D eigenvalue weighted by atomic mass is 16.5. The van der Waals surface area contributed by atoms with Gasteiger partial charge in [0.1, 0.15) is 0 Å². The Kier molecular flexibility index (Phi) is 8.84. The third-order valence-corrected chi connectivity index (χ3v) is 2.48. The SMILES string of the molecule is CNC(COCCOCCOC)C(C)(C)C. The molecule has 0 bridgehead atoms. The molecule has 0 saturated carbocycles. The summed E-state index contributed by atoms with van der Waals surface area (Å²) in [6.07, 6.45) is 0. The lowest BCUT2D eigenvalue weighted by molar-refractivity contribution is 0.0110. The lowest BCUT2D eigenvalue weighted by atomic mass is 9.87. The summed E-state index contributed by atoms with van der Waals surface area (Å²) in [5, 5.41) is 3.27. The van der Waals surface area contributed by atoms with E-state index >= 15 is 0 Å². The quantitative estimate of drug-likeness (QED) is 0.609. The van der Waals surface area contributed by atoms with Crippen molar-refractivity contribution in [2.45, 2.75) is 26.8 Å². The number of hydrogen-bond acceptors (Lipinski definition) is 4. The van der Waals surface area contributed by atoms with Crippen molar-refractivity contribution in [2.24, 2.45) is 5.41 Å². The Bertz CT molecular complexity index is 157. The Morgan fingerprint density at radius 3 is 2.06 bits per heavy atom. The fourth-order valence-electron chi connectivity index (χ4n) is 1.33. The second-order valence-electron chi connectivity index (χ2n) is 4.89. The van der Waals surface area contributed by atoms with E-state index in [1.165, 1.54) is 0 Å². The number of methoxy groups -OCH3 is 1. The minimum Gasteiger partial charge on any atom is -0.382 e. The molecule has 4 nitrogen and oxygen atoms in total. The van der Waals surface area contributed by atoms with E-state index in [0.29, 0.717) is 39.1 Å². The molecular formula is C12H27NO3. The van der Waals surface area contributed by atoms with Crippen LogP contribution in [-0.4, -0.2) is 53.2 Å². The van der Waals surface area contributed by atoms with E-state index in [2.05, 4.69) is 26.1 Å². The fourth-order valence-corrected chi connectivity index (χ4v) is 1.33. The molecule has 0 spiro atoms. The van der Waals surface area contributed by atoms with E-state index < -0.39 is 0 Å². The van der Waals surface area contributed by atoms with Crippen LogP contribution in [-0.2, 0) is 14.2 Å². The highest BCUT2D eigenvalue weighted by molar-refractivity contribution is 4.78. The van der Waals surface area contributed by atoms with Gasteiger partial charge in [0.25, 0.3) is 0 Å². The Morgan fingerprint density at radius 2 is 1.56 bits per heavy atom. The van der Waals surface area contributed by atoms with Gasteiger partial charge in [-0.05, 0) is 12.5 Å². The number of nitrogens with one attached hydrogen (secondary N) is 1. The molecule has 4 heteroatoms. The predicted octanol–water partition coefficient (Wildman–Crippen LogP) is 1.30. The van der Waals surface area contributed by atoms with Gasteiger partial charge >= 0.3 is 0 Å². The first-order chi connectivity index (χ1) is 7.52. The largest absolute Gasteiger partial charge is 0.382 e. The van der Waals surface area contributed by atoms with Gasteiger partial charge in [-0.15, -0.1) is 0 Å². The van der Waals surface area contributed by atoms with Gasteiger partial charge in [0.05, 0.1) is 33.0 Å². The van der Waals surface area contributed by atoms with E-state index in [1.807, 2.05) is 7.05 Å². The van der Waals surface area contributed by atoms with E-state index in [-0.39, 0.29) is 5.41 Å². The summed E-state index contributed by atoms with van der Waals surface area (Å²) >= 11 is 0. The number of hydrogen-bond donors (Lipinski definition) is 1. The van der Waals surface area contributed by atoms with Crippen LogP contribution < -0.4 is 5.32 Å². The highest BCUT2D eigenvalue weighted by Gasteiger charge is 2.22. The Morgan fingerprint density at radius 1 is 1.00 bits per heavy atom. The first-order valence-electron chi connectivity index (χ1n) is 5.84. The van der Waals surface area contributed by atoms with Crippen LogP contribution >= 0.6 is 0 Å². The third kappa shape index (κ3) is 8.05. The zero-order valence-electron chi connectivity index (χ0n) is 11.3. The van der Waals surface area contributed by atoms with Crippen LogP contribution in [0.4, 0.5) is 0 Å². The molecule has 0 aliphatic heterocycles. The molecule has 0 aliphatic carbocycles. The van der Waals surface area contributed by atoms with Crippen LogP contribution in [0, 0.1) is 5.41 Å². The molecule has 0 fully saturated rings. The van der Waals surface area contributed by atoms with E-state index in [1.54, 1.807) is 7.11 Å². The molecule has 98 valence electrons. The Hall–Kier alpha value is -0.160. The van der Waals surface area contributed by atoms with Gasteiger partial charge in [0.2, 0.25) is 0 Å². The van der Waals surface area contributed by atoms with Crippen LogP contribution in [0.25, 0.3) is 0 Å². The number of rotatable bonds is 9. The lowest BCUT2D eigenvalue weighted by Gasteiger charge is -2.30. The van der Waals surface area contributed by atoms with E-state index in [4.69, 9.17) is 14.2 Å². The van der Waals surface area contributed by atoms with Crippen molar-refractivity contribution in [1.29, 1.82) is 0 Å². The molecule has 1 N–H and O–H groups in total. The predicted molar refractivity (Wildman–Crippen MR) is 65.8 cm³/mol. The molecule has 16 heavy (non-hydrogen) atoms. The number of ether oxygens (including phenoxy) is 3. The molecule has 1 atom stereocenters. The second-order valence-corrected chi connectivity index (χ2v) is 4.89. The molecule has 0 aliphatic rings. The summed E-state index contributed by atoms with van der Waals surface area (Å²) < 4.78 is 15.7. The molecule has 0 amide bonds. The molecule has 0 aromatic rings. The average Bonchev–Trinajstić information content (AvgIpc) is 2.20. The molecule has 0 rings (SSSR count). The standard InChI is InChI=1S/C12H27NO3/c1-12(2,3)11(13-4)10-16-9-8-15-7-6-14-5/h11,13H,6-10H2,1-5H3. The Labute approximate surface area is 99.6 Å². The zero-order valence-corrected chi connectivity index (χ0v) is 11.3. The summed E-state index contributed by atoms with van der Waals surface area (Å²) in [6, 6.07) is 0.367. The van der Waals surface area contributed by atoms with E-state index in [0.717, 1.165) is 0 Å². The second kappa shape index (κ2) is 8.93. The summed E-state index contributed by atoms with van der Waals surface area (Å²) in [6.45, 7) is 9.86. The maximum absolute atomic E-state index is 5.57. The lowest BCUT2D eigenvalue weighted by Crippen LogP contribution is -2.42. The van der Waals surface area contributed by atoms with Crippen molar-refractivity contribution in [3.05, 3.63) is 0 Å². The molecule has 0 heterocycles. The molecular weight excluding hydrogens is 206 g/mol. The van der Waals surface area contributed by atoms with Gasteiger partial charge in [-0.2, -0.15) is 0 Å². The van der Waals surface area contributed by atoms with E-state index in [9.17, 15) is 0 Å². The van der Waals surface area contributed by atoms with Gasteiger partial charge in [-0.3, -0.25) is 0 Å². The fraction of sp³-hybridized carbons (Fsp3) is 1.00. The van der Waals surface area contributed by atoms with Crippen molar-refractivity contribution in [1.82, 2.24) is 5.32 Å². The highest BCUT2D eigenvalue weighted by Crippen LogP contribution is 2.18. The van der Waals surface area contributed by atoms with Crippen molar-refractivity contribution in [2.75, 3.05) is 47.2 Å². The first-order valence-corrected chi connectivity index (χ1v) is 5.84. The number of likely N-dealkylation sites (N-methyl/N-ethyl adjacent to an activating group) is 1. The Balaban J connectivity index is 3.42. The van der Waals surface area contributed by atoms with Gasteiger partial charge < -0.3 is 19.5 Å². The van der Waals surface area contributed by atoms with Crippen molar-refractivity contribution < 1.29 is 14.2 Å². The van der Waals surface area contributed by atoms with Crippen LogP contribution in [0.2, 0.25) is 0 Å². The van der Waals surface area contributed by atoms with Gasteiger partial charge in [0.15, 0.2) is 0 Å². The summed E-state index contributed by atoms with van der Waals surface area (Å²) in [4.78, 5) is 0. The molecule has 0 aromatic heterocycles. The summed E-state index contributed by atoms with van der Waals surface area (Å²) in [7, 11) is 3.63. The maximum Gasteiger partial charge on any atom is 0.0701 e. The molecule has 0 aromatic carbocycles. The van der Waals surface area contributed by atoms with Crippen LogP contribution in [0.15, 0.2) is 0 Å². The van der Waals surface area contributed by atoms with Crippen molar-refractivity contribution in [3.8, 4) is 0 Å². The van der Waals surface area contributed by atoms with Crippen molar-refractivity contribution in [3.63, 3.8) is 0 Å². The minimum atomic E-state index is 0.214. The third-order valence-electron chi connectivity index (χ3n) is 2.48. The summed E-state index contributed by atoms with van der Waals surface area (Å²) in [5.74, 6) is 0. The van der Waals surface area contributed by atoms with Crippen LogP contribution in [0.1, 0.15) is 20.8 Å².